The van der Waals surface area contributed by atoms with Crippen LogP contribution in [0.1, 0.15) is 46.4 Å². The number of aliphatic imine (C=N–C) groups is 1. The average molecular weight is 500 g/mol. The molecule has 2 rings (SSSR count). The minimum absolute atomic E-state index is 0. The van der Waals surface area contributed by atoms with Crippen LogP contribution in [0.5, 0.6) is 0 Å². The van der Waals surface area contributed by atoms with E-state index in [1.807, 2.05) is 45.0 Å². The van der Waals surface area contributed by atoms with Crippen LogP contribution in [0.2, 0.25) is 0 Å². The van der Waals surface area contributed by atoms with E-state index in [4.69, 9.17) is 0 Å². The first-order valence-electron chi connectivity index (χ1n) is 8.68. The SMILES string of the molecule is CN=C(NCc1cccc(C(=O)NC(C)(C)C)c1)NCc1ccc(C)s1.I. The number of benzene rings is 1. The molecule has 0 saturated carbocycles. The van der Waals surface area contributed by atoms with E-state index in [0.717, 1.165) is 18.1 Å². The fraction of sp³-hybridized carbons (Fsp3) is 0.400. The van der Waals surface area contributed by atoms with Gasteiger partial charge in [0.15, 0.2) is 5.96 Å². The molecule has 2 aromatic rings. The molecule has 0 spiro atoms. The van der Waals surface area contributed by atoms with E-state index in [2.05, 4.69) is 40.0 Å². The van der Waals surface area contributed by atoms with Crippen molar-refractivity contribution < 1.29 is 4.79 Å². The predicted molar refractivity (Wildman–Crippen MR) is 125 cm³/mol. The lowest BCUT2D eigenvalue weighted by Gasteiger charge is -2.20. The Morgan fingerprint density at radius 3 is 2.41 bits per heavy atom. The molecule has 3 N–H and O–H groups in total. The van der Waals surface area contributed by atoms with Crippen LogP contribution in [0.15, 0.2) is 41.4 Å². The Hall–Kier alpha value is -1.61. The van der Waals surface area contributed by atoms with Gasteiger partial charge in [0.1, 0.15) is 0 Å². The maximum Gasteiger partial charge on any atom is 0.251 e. The largest absolute Gasteiger partial charge is 0.352 e. The summed E-state index contributed by atoms with van der Waals surface area (Å²) in [4.78, 5) is 19.1. The van der Waals surface area contributed by atoms with Gasteiger partial charge in [-0.1, -0.05) is 12.1 Å². The molecule has 0 radical (unpaired) electrons. The van der Waals surface area contributed by atoms with Crippen LogP contribution in [0.25, 0.3) is 0 Å². The van der Waals surface area contributed by atoms with Crippen molar-refractivity contribution in [3.8, 4) is 0 Å². The van der Waals surface area contributed by atoms with E-state index in [-0.39, 0.29) is 35.4 Å². The summed E-state index contributed by atoms with van der Waals surface area (Å²) < 4.78 is 0. The average Bonchev–Trinajstić information content (AvgIpc) is 2.99. The first kappa shape index (κ1) is 23.4. The summed E-state index contributed by atoms with van der Waals surface area (Å²) in [5, 5.41) is 9.58. The van der Waals surface area contributed by atoms with E-state index in [1.165, 1.54) is 9.75 Å². The lowest BCUT2D eigenvalue weighted by atomic mass is 10.1. The molecule has 148 valence electrons. The summed E-state index contributed by atoms with van der Waals surface area (Å²) in [6.07, 6.45) is 0. The second-order valence-electron chi connectivity index (χ2n) is 7.20. The normalized spacial score (nSPS) is 11.5. The van der Waals surface area contributed by atoms with Gasteiger partial charge in [0.2, 0.25) is 0 Å². The summed E-state index contributed by atoms with van der Waals surface area (Å²) in [5.74, 6) is 0.676. The van der Waals surface area contributed by atoms with Crippen molar-refractivity contribution in [2.45, 2.75) is 46.3 Å². The molecule has 0 aliphatic carbocycles. The van der Waals surface area contributed by atoms with Gasteiger partial charge in [0.25, 0.3) is 5.91 Å². The monoisotopic (exact) mass is 500 g/mol. The third-order valence-corrected chi connectivity index (χ3v) is 4.59. The smallest absolute Gasteiger partial charge is 0.251 e. The highest BCUT2D eigenvalue weighted by atomic mass is 127. The molecule has 0 aliphatic heterocycles. The zero-order valence-corrected chi connectivity index (χ0v) is 19.7. The van der Waals surface area contributed by atoms with Crippen molar-refractivity contribution in [2.75, 3.05) is 7.05 Å². The van der Waals surface area contributed by atoms with Gasteiger partial charge < -0.3 is 16.0 Å². The topological polar surface area (TPSA) is 65.5 Å². The van der Waals surface area contributed by atoms with Gasteiger partial charge >= 0.3 is 0 Å². The maximum atomic E-state index is 12.3. The van der Waals surface area contributed by atoms with Crippen molar-refractivity contribution in [3.63, 3.8) is 0 Å². The lowest BCUT2D eigenvalue weighted by molar-refractivity contribution is 0.0919. The van der Waals surface area contributed by atoms with E-state index in [9.17, 15) is 4.79 Å². The highest BCUT2D eigenvalue weighted by molar-refractivity contribution is 14.0. The number of halogens is 1. The summed E-state index contributed by atoms with van der Waals surface area (Å²) >= 11 is 1.77. The fourth-order valence-electron chi connectivity index (χ4n) is 2.39. The molecule has 0 saturated heterocycles. The molecule has 1 amide bonds. The van der Waals surface area contributed by atoms with Crippen molar-refractivity contribution in [1.82, 2.24) is 16.0 Å². The number of carbonyl (C=O) groups excluding carboxylic acids is 1. The molecule has 0 fully saturated rings. The number of hydrogen-bond acceptors (Lipinski definition) is 3. The first-order chi connectivity index (χ1) is 12.3. The number of hydrogen-bond donors (Lipinski definition) is 3. The second kappa shape index (κ2) is 10.7. The van der Waals surface area contributed by atoms with Crippen LogP contribution in [0.4, 0.5) is 0 Å². The Morgan fingerprint density at radius 2 is 1.81 bits per heavy atom. The predicted octanol–water partition coefficient (Wildman–Crippen LogP) is 4.07. The van der Waals surface area contributed by atoms with Crippen LogP contribution in [-0.2, 0) is 13.1 Å². The number of guanidine groups is 1. The zero-order chi connectivity index (χ0) is 19.2. The number of carbonyl (C=O) groups is 1. The maximum absolute atomic E-state index is 12.3. The molecule has 0 unspecified atom stereocenters. The second-order valence-corrected chi connectivity index (χ2v) is 8.57. The fourth-order valence-corrected chi connectivity index (χ4v) is 3.22. The van der Waals surface area contributed by atoms with Crippen LogP contribution >= 0.6 is 35.3 Å². The Labute approximate surface area is 183 Å². The zero-order valence-electron chi connectivity index (χ0n) is 16.6. The highest BCUT2D eigenvalue weighted by Crippen LogP contribution is 2.14. The molecule has 0 bridgehead atoms. The summed E-state index contributed by atoms with van der Waals surface area (Å²) in [5.41, 5.74) is 1.44. The van der Waals surface area contributed by atoms with Gasteiger partial charge in [-0.15, -0.1) is 35.3 Å². The number of nitrogens with zero attached hydrogens (tertiary/aromatic N) is 1. The Balaban J connectivity index is 0.00000364. The molecule has 7 heteroatoms. The van der Waals surface area contributed by atoms with Crippen molar-refractivity contribution in [3.05, 3.63) is 57.3 Å². The lowest BCUT2D eigenvalue weighted by Crippen LogP contribution is -2.40. The quantitative estimate of drug-likeness (QED) is 0.330. The van der Waals surface area contributed by atoms with Crippen molar-refractivity contribution in [1.29, 1.82) is 0 Å². The molecule has 27 heavy (non-hydrogen) atoms. The summed E-state index contributed by atoms with van der Waals surface area (Å²) in [7, 11) is 1.75. The van der Waals surface area contributed by atoms with E-state index in [1.54, 1.807) is 18.4 Å². The van der Waals surface area contributed by atoms with Crippen LogP contribution in [-0.4, -0.2) is 24.5 Å². The molecule has 1 aromatic carbocycles. The molecule has 1 aromatic heterocycles. The number of amides is 1. The van der Waals surface area contributed by atoms with Crippen LogP contribution < -0.4 is 16.0 Å². The minimum Gasteiger partial charge on any atom is -0.352 e. The number of aryl methyl sites for hydroxylation is 1. The van der Waals surface area contributed by atoms with Crippen LogP contribution in [0.3, 0.4) is 0 Å². The summed E-state index contributed by atoms with van der Waals surface area (Å²) in [6.45, 7) is 9.36. The Morgan fingerprint density at radius 1 is 1.11 bits per heavy atom. The first-order valence-corrected chi connectivity index (χ1v) is 9.50. The van der Waals surface area contributed by atoms with Gasteiger partial charge in [0.05, 0.1) is 6.54 Å². The standard InChI is InChI=1S/C20H28N4OS.HI/c1-14-9-10-17(26-14)13-23-19(21-5)22-12-15-7-6-8-16(11-15)18(25)24-20(2,3)4;/h6-11H,12-13H2,1-5H3,(H,24,25)(H2,21,22,23);1H. The number of thiophene rings is 1. The molecular formula is C20H29IN4OS. The molecule has 1 heterocycles. The van der Waals surface area contributed by atoms with Crippen LogP contribution in [0, 0.1) is 6.92 Å². The van der Waals surface area contributed by atoms with Gasteiger partial charge in [-0.25, -0.2) is 0 Å². The van der Waals surface area contributed by atoms with Gasteiger partial charge in [-0.05, 0) is 57.5 Å². The van der Waals surface area contributed by atoms with Crippen molar-refractivity contribution in [2.24, 2.45) is 4.99 Å². The third kappa shape index (κ3) is 8.30. The third-order valence-electron chi connectivity index (χ3n) is 3.59. The summed E-state index contributed by atoms with van der Waals surface area (Å²) in [6, 6.07) is 11.9. The number of rotatable bonds is 5. The highest BCUT2D eigenvalue weighted by Gasteiger charge is 2.15. The molecular weight excluding hydrogens is 471 g/mol. The molecule has 0 aliphatic rings. The van der Waals surface area contributed by atoms with Crippen molar-refractivity contribution >= 4 is 47.2 Å². The number of nitrogens with one attached hydrogen (secondary N) is 3. The van der Waals surface area contributed by atoms with Gasteiger partial charge in [0, 0.05) is 34.4 Å². The van der Waals surface area contributed by atoms with E-state index >= 15 is 0 Å². The minimum atomic E-state index is -0.253. The van der Waals surface area contributed by atoms with Gasteiger partial charge in [-0.2, -0.15) is 0 Å². The Kier molecular flexibility index (Phi) is 9.25. The molecule has 0 atom stereocenters. The Bertz CT molecular complexity index is 780. The molecule has 5 nitrogen and oxygen atoms in total. The van der Waals surface area contributed by atoms with Gasteiger partial charge in [-0.3, -0.25) is 9.79 Å². The van der Waals surface area contributed by atoms with E-state index < -0.39 is 0 Å². The van der Waals surface area contributed by atoms with E-state index in [0.29, 0.717) is 12.1 Å².